The smallest absolute Gasteiger partial charge is 0.176 e. The lowest BCUT2D eigenvalue weighted by Crippen LogP contribution is -2.34. The first-order chi connectivity index (χ1) is 10.1. The Labute approximate surface area is 124 Å². The molecule has 1 aromatic rings. The molecule has 1 aliphatic rings. The van der Waals surface area contributed by atoms with Gasteiger partial charge in [0.1, 0.15) is 0 Å². The Hall–Kier alpha value is -1.46. The molecule has 1 unspecified atom stereocenters. The fraction of sp³-hybridized carbons (Fsp3) is 0.562. The molecule has 1 fully saturated rings. The predicted octanol–water partition coefficient (Wildman–Crippen LogP) is 2.38. The van der Waals surface area contributed by atoms with Gasteiger partial charge in [-0.1, -0.05) is 0 Å². The van der Waals surface area contributed by atoms with E-state index in [0.29, 0.717) is 11.5 Å². The molecule has 1 aromatic carbocycles. The van der Waals surface area contributed by atoms with Crippen LogP contribution in [0.25, 0.3) is 0 Å². The molecule has 0 N–H and O–H groups in total. The zero-order valence-electron chi connectivity index (χ0n) is 12.6. The van der Waals surface area contributed by atoms with Crippen LogP contribution in [0.5, 0.6) is 5.75 Å². The van der Waals surface area contributed by atoms with E-state index in [2.05, 4.69) is 0 Å². The summed E-state index contributed by atoms with van der Waals surface area (Å²) in [6, 6.07) is 4.32. The second-order valence-corrected chi connectivity index (χ2v) is 5.55. The van der Waals surface area contributed by atoms with Gasteiger partial charge in [-0.2, -0.15) is 0 Å². The van der Waals surface area contributed by atoms with Gasteiger partial charge in [-0.05, 0) is 44.0 Å². The highest BCUT2D eigenvalue weighted by Crippen LogP contribution is 2.18. The van der Waals surface area contributed by atoms with E-state index in [4.69, 9.17) is 9.47 Å². The Morgan fingerprint density at radius 3 is 2.95 bits per heavy atom. The number of benzene rings is 1. The monoisotopic (exact) mass is 295 g/mol. The number of ether oxygens (including phenoxy) is 2. The van der Waals surface area contributed by atoms with Crippen molar-refractivity contribution in [3.05, 3.63) is 29.6 Å². The summed E-state index contributed by atoms with van der Waals surface area (Å²) in [4.78, 5) is 14.1. The van der Waals surface area contributed by atoms with Crippen LogP contribution in [0.2, 0.25) is 0 Å². The summed E-state index contributed by atoms with van der Waals surface area (Å²) in [7, 11) is 3.31. The predicted molar refractivity (Wildman–Crippen MR) is 78.3 cm³/mol. The van der Waals surface area contributed by atoms with E-state index in [9.17, 15) is 9.18 Å². The summed E-state index contributed by atoms with van der Waals surface area (Å²) < 4.78 is 23.9. The van der Waals surface area contributed by atoms with Crippen molar-refractivity contribution in [2.24, 2.45) is 5.92 Å². The van der Waals surface area contributed by atoms with Gasteiger partial charge in [0, 0.05) is 18.7 Å². The molecule has 1 heterocycles. The molecule has 0 amide bonds. The summed E-state index contributed by atoms with van der Waals surface area (Å²) >= 11 is 0. The second kappa shape index (κ2) is 7.52. The molecule has 0 spiro atoms. The number of nitrogens with zero attached hydrogens (tertiary/aromatic N) is 1. The van der Waals surface area contributed by atoms with Gasteiger partial charge in [0.05, 0.1) is 20.3 Å². The van der Waals surface area contributed by atoms with Crippen molar-refractivity contribution in [3.63, 3.8) is 0 Å². The lowest BCUT2D eigenvalue weighted by Gasteiger charge is -2.26. The normalized spacial score (nSPS) is 18.8. The quantitative estimate of drug-likeness (QED) is 0.755. The zero-order valence-corrected chi connectivity index (χ0v) is 12.6. The molecule has 1 saturated heterocycles. The van der Waals surface area contributed by atoms with Crippen LogP contribution in [-0.4, -0.2) is 51.1 Å². The van der Waals surface area contributed by atoms with Crippen molar-refractivity contribution in [2.75, 3.05) is 40.5 Å². The molecule has 4 nitrogen and oxygen atoms in total. The molecule has 0 aliphatic carbocycles. The van der Waals surface area contributed by atoms with E-state index < -0.39 is 5.82 Å². The van der Waals surface area contributed by atoms with Crippen LogP contribution in [-0.2, 0) is 4.74 Å². The molecule has 0 radical (unpaired) electrons. The maximum Gasteiger partial charge on any atom is 0.176 e. The first-order valence-electron chi connectivity index (χ1n) is 7.23. The van der Waals surface area contributed by atoms with Crippen LogP contribution >= 0.6 is 0 Å². The van der Waals surface area contributed by atoms with Gasteiger partial charge >= 0.3 is 0 Å². The molecule has 1 aliphatic heterocycles. The van der Waals surface area contributed by atoms with Gasteiger partial charge in [-0.3, -0.25) is 9.69 Å². The molecule has 2 rings (SSSR count). The molecular formula is C16H22FNO3. The number of ketones is 1. The number of Topliss-reactive ketones (excluding diaryl/α,β-unsaturated/α-hetero) is 1. The third-order valence-corrected chi connectivity index (χ3v) is 3.71. The van der Waals surface area contributed by atoms with Gasteiger partial charge in [0.15, 0.2) is 17.3 Å². The number of carbonyl (C=O) groups is 1. The van der Waals surface area contributed by atoms with Crippen molar-refractivity contribution in [1.29, 1.82) is 0 Å². The van der Waals surface area contributed by atoms with Crippen LogP contribution < -0.4 is 4.74 Å². The van der Waals surface area contributed by atoms with E-state index in [1.54, 1.807) is 6.07 Å². The fourth-order valence-corrected chi connectivity index (χ4v) is 2.63. The average molecular weight is 295 g/mol. The Balaban J connectivity index is 1.89. The van der Waals surface area contributed by atoms with E-state index in [1.807, 2.05) is 11.9 Å². The Morgan fingerprint density at radius 1 is 1.52 bits per heavy atom. The molecular weight excluding hydrogens is 273 g/mol. The standard InChI is InChI=1S/C16H22FNO3/c1-18(9-12-4-3-7-21-11-12)10-15(19)13-5-6-16(20-2)14(17)8-13/h5-6,8,12H,3-4,7,9-11H2,1-2H3. The van der Waals surface area contributed by atoms with E-state index in [-0.39, 0.29) is 18.1 Å². The minimum atomic E-state index is -0.508. The van der Waals surface area contributed by atoms with Gasteiger partial charge in [0.25, 0.3) is 0 Å². The van der Waals surface area contributed by atoms with Gasteiger partial charge < -0.3 is 9.47 Å². The molecule has 116 valence electrons. The van der Waals surface area contributed by atoms with Crippen molar-refractivity contribution in [2.45, 2.75) is 12.8 Å². The number of rotatable bonds is 6. The first-order valence-corrected chi connectivity index (χ1v) is 7.23. The molecule has 21 heavy (non-hydrogen) atoms. The van der Waals surface area contributed by atoms with E-state index in [1.165, 1.54) is 19.2 Å². The van der Waals surface area contributed by atoms with Crippen LogP contribution in [0, 0.1) is 11.7 Å². The number of halogens is 1. The molecule has 0 bridgehead atoms. The Morgan fingerprint density at radius 2 is 2.33 bits per heavy atom. The molecule has 5 heteroatoms. The van der Waals surface area contributed by atoms with Crippen molar-refractivity contribution in [3.8, 4) is 5.75 Å². The van der Waals surface area contributed by atoms with Crippen molar-refractivity contribution in [1.82, 2.24) is 4.90 Å². The number of hydrogen-bond donors (Lipinski definition) is 0. The number of carbonyl (C=O) groups excluding carboxylic acids is 1. The summed E-state index contributed by atoms with van der Waals surface area (Å²) in [5, 5.41) is 0. The largest absolute Gasteiger partial charge is 0.494 e. The van der Waals surface area contributed by atoms with E-state index in [0.717, 1.165) is 32.6 Å². The van der Waals surface area contributed by atoms with Crippen LogP contribution in [0.1, 0.15) is 23.2 Å². The van der Waals surface area contributed by atoms with Crippen molar-refractivity contribution >= 4 is 5.78 Å². The average Bonchev–Trinajstić information content (AvgIpc) is 2.48. The summed E-state index contributed by atoms with van der Waals surface area (Å²) in [5.41, 5.74) is 0.375. The first kappa shape index (κ1) is 15.9. The van der Waals surface area contributed by atoms with Crippen LogP contribution in [0.15, 0.2) is 18.2 Å². The molecule has 0 aromatic heterocycles. The lowest BCUT2D eigenvalue weighted by atomic mass is 10.0. The highest BCUT2D eigenvalue weighted by atomic mass is 19.1. The topological polar surface area (TPSA) is 38.8 Å². The SMILES string of the molecule is COc1ccc(C(=O)CN(C)CC2CCCOC2)cc1F. The fourth-order valence-electron chi connectivity index (χ4n) is 2.63. The third-order valence-electron chi connectivity index (χ3n) is 3.71. The third kappa shape index (κ3) is 4.51. The highest BCUT2D eigenvalue weighted by molar-refractivity contribution is 5.97. The number of likely N-dealkylation sites (N-methyl/N-ethyl adjacent to an activating group) is 1. The lowest BCUT2D eigenvalue weighted by molar-refractivity contribution is 0.0416. The number of methoxy groups -OCH3 is 1. The van der Waals surface area contributed by atoms with Crippen LogP contribution in [0.3, 0.4) is 0 Å². The highest BCUT2D eigenvalue weighted by Gasteiger charge is 2.18. The Kier molecular flexibility index (Phi) is 5.70. The maximum atomic E-state index is 13.6. The maximum absolute atomic E-state index is 13.6. The van der Waals surface area contributed by atoms with Gasteiger partial charge in [0.2, 0.25) is 0 Å². The molecule has 1 atom stereocenters. The van der Waals surface area contributed by atoms with Gasteiger partial charge in [-0.25, -0.2) is 4.39 Å². The van der Waals surface area contributed by atoms with Crippen LogP contribution in [0.4, 0.5) is 4.39 Å². The zero-order chi connectivity index (χ0) is 15.2. The van der Waals surface area contributed by atoms with Gasteiger partial charge in [-0.15, -0.1) is 0 Å². The summed E-state index contributed by atoms with van der Waals surface area (Å²) in [6.07, 6.45) is 2.21. The van der Waals surface area contributed by atoms with Crippen molar-refractivity contribution < 1.29 is 18.7 Å². The number of hydrogen-bond acceptors (Lipinski definition) is 4. The summed E-state index contributed by atoms with van der Waals surface area (Å²) in [5.74, 6) is 0.0332. The Bertz CT molecular complexity index is 486. The minimum Gasteiger partial charge on any atom is -0.494 e. The van der Waals surface area contributed by atoms with E-state index >= 15 is 0 Å². The summed E-state index contributed by atoms with van der Waals surface area (Å²) in [6.45, 7) is 2.70. The minimum absolute atomic E-state index is 0.0872. The second-order valence-electron chi connectivity index (χ2n) is 5.55. The molecule has 0 saturated carbocycles.